The van der Waals surface area contributed by atoms with Gasteiger partial charge in [0.15, 0.2) is 0 Å². The van der Waals surface area contributed by atoms with Crippen molar-refractivity contribution < 1.29 is 14.1 Å². The van der Waals surface area contributed by atoms with Gasteiger partial charge in [0.2, 0.25) is 5.91 Å². The van der Waals surface area contributed by atoms with Crippen molar-refractivity contribution in [3.05, 3.63) is 23.8 Å². The predicted molar refractivity (Wildman–Crippen MR) is 127 cm³/mol. The van der Waals surface area contributed by atoms with Crippen LogP contribution in [-0.2, 0) is 19.5 Å². The summed E-state index contributed by atoms with van der Waals surface area (Å²) in [4.78, 5) is 18.4. The van der Waals surface area contributed by atoms with Crippen molar-refractivity contribution in [2.24, 2.45) is 5.41 Å². The Labute approximate surface area is 193 Å². The highest BCUT2D eigenvalue weighted by Gasteiger charge is 2.55. The van der Waals surface area contributed by atoms with Crippen LogP contribution in [0.5, 0.6) is 0 Å². The Morgan fingerprint density at radius 3 is 2.19 bits per heavy atom. The van der Waals surface area contributed by atoms with Crippen molar-refractivity contribution in [2.45, 2.75) is 102 Å². The molecule has 5 aliphatic rings. The lowest BCUT2D eigenvalue weighted by Crippen LogP contribution is -2.56. The van der Waals surface area contributed by atoms with E-state index in [9.17, 15) is 4.79 Å². The van der Waals surface area contributed by atoms with Crippen molar-refractivity contribution in [1.29, 1.82) is 0 Å². The number of carbonyl (C=O) groups excluding carboxylic acids is 1. The largest absolute Gasteiger partial charge is 0.494 e. The van der Waals surface area contributed by atoms with E-state index < -0.39 is 12.5 Å². The zero-order chi connectivity index (χ0) is 22.7. The molecule has 2 saturated carbocycles. The SMILES string of the molecule is CC1(C)C(=O)N([C@H]2C[C@@H](N3CCC4(CC4)C3)C2)c2cc(B3OC(C)(C)C(C)(C)O3)ccc21. The zero-order valence-corrected chi connectivity index (χ0v) is 20.5. The number of likely N-dealkylation sites (tertiary alicyclic amines) is 1. The van der Waals surface area contributed by atoms with Crippen LogP contribution in [0.1, 0.15) is 79.2 Å². The molecule has 1 aromatic rings. The third-order valence-corrected chi connectivity index (χ3v) is 9.63. The molecule has 0 atom stereocenters. The summed E-state index contributed by atoms with van der Waals surface area (Å²) in [6.45, 7) is 15.0. The van der Waals surface area contributed by atoms with Gasteiger partial charge in [-0.05, 0) is 103 Å². The summed E-state index contributed by atoms with van der Waals surface area (Å²) in [5, 5.41) is 0. The van der Waals surface area contributed by atoms with E-state index in [4.69, 9.17) is 9.31 Å². The summed E-state index contributed by atoms with van der Waals surface area (Å²) < 4.78 is 12.6. The number of nitrogens with zero attached hydrogens (tertiary/aromatic N) is 2. The van der Waals surface area contributed by atoms with E-state index in [1.54, 1.807) is 0 Å². The second kappa shape index (κ2) is 6.40. The number of hydrogen-bond acceptors (Lipinski definition) is 4. The van der Waals surface area contributed by atoms with Crippen LogP contribution in [0.25, 0.3) is 0 Å². The Morgan fingerprint density at radius 1 is 0.938 bits per heavy atom. The highest BCUT2D eigenvalue weighted by Crippen LogP contribution is 2.54. The minimum Gasteiger partial charge on any atom is -0.399 e. The Bertz CT molecular complexity index is 961. The number of carbonyl (C=O) groups is 1. The quantitative estimate of drug-likeness (QED) is 0.679. The van der Waals surface area contributed by atoms with Crippen LogP contribution in [0.2, 0.25) is 0 Å². The highest BCUT2D eigenvalue weighted by molar-refractivity contribution is 6.62. The molecule has 6 heteroatoms. The molecule has 1 aromatic carbocycles. The fraction of sp³-hybridized carbons (Fsp3) is 0.731. The van der Waals surface area contributed by atoms with Crippen LogP contribution in [0.15, 0.2) is 18.2 Å². The molecule has 172 valence electrons. The van der Waals surface area contributed by atoms with E-state index in [-0.39, 0.29) is 17.1 Å². The van der Waals surface area contributed by atoms with Crippen molar-refractivity contribution in [3.8, 4) is 0 Å². The molecule has 3 aliphatic heterocycles. The van der Waals surface area contributed by atoms with E-state index in [1.165, 1.54) is 32.4 Å². The fourth-order valence-corrected chi connectivity index (χ4v) is 6.22. The first-order chi connectivity index (χ1) is 14.9. The molecule has 6 rings (SSSR count). The lowest BCUT2D eigenvalue weighted by molar-refractivity contribution is -0.123. The van der Waals surface area contributed by atoms with Gasteiger partial charge in [-0.25, -0.2) is 0 Å². The first-order valence-electron chi connectivity index (χ1n) is 12.5. The van der Waals surface area contributed by atoms with Gasteiger partial charge < -0.3 is 14.2 Å². The minimum atomic E-state index is -0.486. The predicted octanol–water partition coefficient (Wildman–Crippen LogP) is 3.63. The van der Waals surface area contributed by atoms with Gasteiger partial charge in [-0.1, -0.05) is 12.1 Å². The molecule has 1 spiro atoms. The summed E-state index contributed by atoms with van der Waals surface area (Å²) >= 11 is 0. The second-order valence-electron chi connectivity index (χ2n) is 12.7. The fourth-order valence-electron chi connectivity index (χ4n) is 6.22. The normalized spacial score (nSPS) is 33.6. The van der Waals surface area contributed by atoms with E-state index in [0.717, 1.165) is 29.6 Å². The van der Waals surface area contributed by atoms with Gasteiger partial charge in [-0.3, -0.25) is 9.69 Å². The molecular weight excluding hydrogens is 399 g/mol. The first kappa shape index (κ1) is 21.2. The van der Waals surface area contributed by atoms with E-state index >= 15 is 0 Å². The van der Waals surface area contributed by atoms with Crippen LogP contribution >= 0.6 is 0 Å². The maximum Gasteiger partial charge on any atom is 0.494 e. The average molecular weight is 436 g/mol. The van der Waals surface area contributed by atoms with Gasteiger partial charge in [0.25, 0.3) is 0 Å². The topological polar surface area (TPSA) is 42.0 Å². The van der Waals surface area contributed by atoms with Crippen molar-refractivity contribution >= 4 is 24.2 Å². The third-order valence-electron chi connectivity index (χ3n) is 9.63. The summed E-state index contributed by atoms with van der Waals surface area (Å²) in [6, 6.07) is 7.32. The summed E-state index contributed by atoms with van der Waals surface area (Å²) in [6.07, 6.45) is 6.42. The van der Waals surface area contributed by atoms with Gasteiger partial charge >= 0.3 is 7.12 Å². The summed E-state index contributed by atoms with van der Waals surface area (Å²) in [5.41, 5.74) is 2.63. The molecule has 2 aliphatic carbocycles. The molecule has 3 heterocycles. The Kier molecular flexibility index (Phi) is 4.24. The Balaban J connectivity index is 1.24. The van der Waals surface area contributed by atoms with Gasteiger partial charge in [0.05, 0.1) is 16.6 Å². The molecule has 0 radical (unpaired) electrons. The number of rotatable bonds is 3. The second-order valence-corrected chi connectivity index (χ2v) is 12.7. The third kappa shape index (κ3) is 2.91. The lowest BCUT2D eigenvalue weighted by Gasteiger charge is -2.46. The van der Waals surface area contributed by atoms with E-state index in [2.05, 4.69) is 69.5 Å². The van der Waals surface area contributed by atoms with Crippen molar-refractivity contribution in [1.82, 2.24) is 4.90 Å². The van der Waals surface area contributed by atoms with Crippen molar-refractivity contribution in [3.63, 3.8) is 0 Å². The monoisotopic (exact) mass is 436 g/mol. The molecule has 1 amide bonds. The lowest BCUT2D eigenvalue weighted by atomic mass is 9.76. The van der Waals surface area contributed by atoms with Crippen LogP contribution in [0.3, 0.4) is 0 Å². The molecule has 0 bridgehead atoms. The molecule has 0 unspecified atom stereocenters. The average Bonchev–Trinajstić information content (AvgIpc) is 3.18. The smallest absolute Gasteiger partial charge is 0.399 e. The van der Waals surface area contributed by atoms with Crippen LogP contribution in [-0.4, -0.2) is 54.3 Å². The number of benzene rings is 1. The van der Waals surface area contributed by atoms with Crippen LogP contribution < -0.4 is 10.4 Å². The molecule has 5 nitrogen and oxygen atoms in total. The molecular formula is C26H37BN2O3. The zero-order valence-electron chi connectivity index (χ0n) is 20.5. The standard InChI is InChI=1S/C26H37BN2O3/c1-23(2)20-8-7-17(27-31-24(3,4)25(5,6)32-27)13-21(20)29(22(23)30)19-14-18(15-19)28-12-11-26(16-28)9-10-26/h7-8,13,18-19H,9-12,14-16H2,1-6H3/t18-,19+. The number of anilines is 1. The van der Waals surface area contributed by atoms with Crippen molar-refractivity contribution in [2.75, 3.05) is 18.0 Å². The summed E-state index contributed by atoms with van der Waals surface area (Å²) in [7, 11) is -0.403. The number of fused-ring (bicyclic) bond motifs is 1. The molecule has 2 saturated heterocycles. The molecule has 32 heavy (non-hydrogen) atoms. The van der Waals surface area contributed by atoms with Gasteiger partial charge in [-0.15, -0.1) is 0 Å². The van der Waals surface area contributed by atoms with Gasteiger partial charge in [-0.2, -0.15) is 0 Å². The molecule has 4 fully saturated rings. The van der Waals surface area contributed by atoms with Crippen LogP contribution in [0, 0.1) is 5.41 Å². The van der Waals surface area contributed by atoms with Crippen LogP contribution in [0.4, 0.5) is 5.69 Å². The summed E-state index contributed by atoms with van der Waals surface area (Å²) in [5.74, 6) is 0.238. The Hall–Kier alpha value is -1.37. The van der Waals surface area contributed by atoms with Gasteiger partial charge in [0, 0.05) is 24.3 Å². The Morgan fingerprint density at radius 2 is 1.59 bits per heavy atom. The highest BCUT2D eigenvalue weighted by atomic mass is 16.7. The molecule has 0 N–H and O–H groups in total. The van der Waals surface area contributed by atoms with E-state index in [1.807, 2.05) is 0 Å². The maximum absolute atomic E-state index is 13.5. The van der Waals surface area contributed by atoms with Gasteiger partial charge in [0.1, 0.15) is 0 Å². The number of amides is 1. The maximum atomic E-state index is 13.5. The molecule has 0 aromatic heterocycles. The first-order valence-corrected chi connectivity index (χ1v) is 12.5. The number of hydrogen-bond donors (Lipinski definition) is 0. The minimum absolute atomic E-state index is 0.238. The van der Waals surface area contributed by atoms with E-state index in [0.29, 0.717) is 17.5 Å².